The Balaban J connectivity index is 1.39. The Morgan fingerprint density at radius 3 is 2.59 bits per heavy atom. The number of nitrogens with two attached hydrogens (primary N) is 1. The summed E-state index contributed by atoms with van der Waals surface area (Å²) in [5.41, 5.74) is 2.82. The van der Waals surface area contributed by atoms with Crippen LogP contribution in [0.25, 0.3) is 16.7 Å². The number of carbonyl (C=O) groups is 1. The minimum absolute atomic E-state index is 0.0273. The van der Waals surface area contributed by atoms with E-state index in [-0.39, 0.29) is 11.7 Å². The summed E-state index contributed by atoms with van der Waals surface area (Å²) in [6.07, 6.45) is 0. The molecule has 0 saturated carbocycles. The molecule has 2 N–H and O–H groups in total. The second-order valence-electron chi connectivity index (χ2n) is 7.58. The van der Waals surface area contributed by atoms with E-state index in [4.69, 9.17) is 10.6 Å². The first kappa shape index (κ1) is 21.7. The Bertz CT molecular complexity index is 1280. The van der Waals surface area contributed by atoms with E-state index in [1.807, 2.05) is 50.2 Å². The molecule has 0 saturated heterocycles. The third-order valence-corrected chi connectivity index (χ3v) is 6.06. The molecule has 9 nitrogen and oxygen atoms in total. The molecule has 2 aromatic heterocycles. The van der Waals surface area contributed by atoms with Gasteiger partial charge in [0.2, 0.25) is 11.1 Å². The van der Waals surface area contributed by atoms with Crippen molar-refractivity contribution in [1.29, 1.82) is 0 Å². The normalized spacial score (nSPS) is 11.1. The maximum absolute atomic E-state index is 12.7. The molecule has 2 heterocycles. The van der Waals surface area contributed by atoms with Gasteiger partial charge < -0.3 is 15.5 Å². The van der Waals surface area contributed by atoms with Crippen LogP contribution in [-0.4, -0.2) is 55.4 Å². The Hall–Kier alpha value is -3.53. The highest BCUT2D eigenvalue weighted by molar-refractivity contribution is 7.99. The van der Waals surface area contributed by atoms with Gasteiger partial charge >= 0.3 is 0 Å². The second kappa shape index (κ2) is 8.91. The standard InChI is InChI=1S/C22H25N7O2S/c1-14-9-15(2)29(26-14)21-24-25-22(28(21)23)32-13-20(30)27(3)12-16-5-6-18-11-19(31-4)8-7-17(18)10-16/h5-11H,12-13,23H2,1-4H3. The molecule has 166 valence electrons. The molecular weight excluding hydrogens is 426 g/mol. The van der Waals surface area contributed by atoms with Crippen LogP contribution >= 0.6 is 11.8 Å². The molecule has 0 fully saturated rings. The number of ether oxygens (including phenoxy) is 1. The summed E-state index contributed by atoms with van der Waals surface area (Å²) in [5.74, 6) is 7.56. The van der Waals surface area contributed by atoms with Crippen molar-refractivity contribution in [3.05, 3.63) is 59.4 Å². The van der Waals surface area contributed by atoms with Gasteiger partial charge in [0.1, 0.15) is 5.75 Å². The van der Waals surface area contributed by atoms with Crippen molar-refractivity contribution in [3.63, 3.8) is 0 Å². The smallest absolute Gasteiger partial charge is 0.271 e. The molecule has 0 aliphatic rings. The number of benzene rings is 2. The Kier molecular flexibility index (Phi) is 6.04. The van der Waals surface area contributed by atoms with Gasteiger partial charge in [-0.15, -0.1) is 10.2 Å². The van der Waals surface area contributed by atoms with Crippen LogP contribution < -0.4 is 10.6 Å². The van der Waals surface area contributed by atoms with E-state index in [9.17, 15) is 4.79 Å². The summed E-state index contributed by atoms with van der Waals surface area (Å²) in [6.45, 7) is 4.33. The molecule has 0 spiro atoms. The Morgan fingerprint density at radius 2 is 1.88 bits per heavy atom. The van der Waals surface area contributed by atoms with Crippen molar-refractivity contribution in [2.24, 2.45) is 0 Å². The lowest BCUT2D eigenvalue weighted by Crippen LogP contribution is -2.28. The zero-order chi connectivity index (χ0) is 22.8. The maximum Gasteiger partial charge on any atom is 0.271 e. The van der Waals surface area contributed by atoms with E-state index < -0.39 is 0 Å². The number of aryl methyl sites for hydroxylation is 2. The number of methoxy groups -OCH3 is 1. The number of carbonyl (C=O) groups excluding carboxylic acids is 1. The van der Waals surface area contributed by atoms with Crippen molar-refractivity contribution in [2.75, 3.05) is 25.8 Å². The number of nitrogen functional groups attached to an aromatic ring is 1. The highest BCUT2D eigenvalue weighted by Gasteiger charge is 2.17. The lowest BCUT2D eigenvalue weighted by molar-refractivity contribution is -0.127. The van der Waals surface area contributed by atoms with Crippen LogP contribution in [0.4, 0.5) is 0 Å². The Labute approximate surface area is 190 Å². The largest absolute Gasteiger partial charge is 0.497 e. The second-order valence-corrected chi connectivity index (χ2v) is 8.52. The number of thioether (sulfide) groups is 1. The van der Waals surface area contributed by atoms with E-state index in [1.54, 1.807) is 23.7 Å². The molecule has 0 atom stereocenters. The molecule has 0 unspecified atom stereocenters. The van der Waals surface area contributed by atoms with Crippen molar-refractivity contribution in [3.8, 4) is 11.7 Å². The number of nitrogens with zero attached hydrogens (tertiary/aromatic N) is 6. The molecule has 0 aliphatic carbocycles. The zero-order valence-corrected chi connectivity index (χ0v) is 19.3. The predicted octanol–water partition coefficient (Wildman–Crippen LogP) is 2.71. The maximum atomic E-state index is 12.7. The average Bonchev–Trinajstić information content (AvgIpc) is 3.31. The topological polar surface area (TPSA) is 104 Å². The fourth-order valence-corrected chi connectivity index (χ4v) is 4.23. The summed E-state index contributed by atoms with van der Waals surface area (Å²) in [4.78, 5) is 14.4. The van der Waals surface area contributed by atoms with E-state index in [0.717, 1.165) is 33.5 Å². The van der Waals surface area contributed by atoms with Gasteiger partial charge in [-0.25, -0.2) is 9.36 Å². The van der Waals surface area contributed by atoms with E-state index in [2.05, 4.69) is 21.4 Å². The van der Waals surface area contributed by atoms with Gasteiger partial charge in [-0.1, -0.05) is 30.0 Å². The minimum Gasteiger partial charge on any atom is -0.497 e. The summed E-state index contributed by atoms with van der Waals surface area (Å²) in [6, 6.07) is 14.0. The molecule has 10 heteroatoms. The molecule has 4 aromatic rings. The monoisotopic (exact) mass is 451 g/mol. The van der Waals surface area contributed by atoms with Crippen molar-refractivity contribution < 1.29 is 9.53 Å². The lowest BCUT2D eigenvalue weighted by atomic mass is 10.1. The van der Waals surface area contributed by atoms with Gasteiger partial charge in [-0.2, -0.15) is 5.10 Å². The minimum atomic E-state index is -0.0273. The molecule has 1 amide bonds. The summed E-state index contributed by atoms with van der Waals surface area (Å²) < 4.78 is 8.26. The van der Waals surface area contributed by atoms with Gasteiger partial charge in [0.25, 0.3) is 5.95 Å². The first-order valence-corrected chi connectivity index (χ1v) is 11.0. The number of amides is 1. The fourth-order valence-electron chi connectivity index (χ4n) is 3.44. The predicted molar refractivity (Wildman–Crippen MR) is 124 cm³/mol. The van der Waals surface area contributed by atoms with Crippen LogP contribution in [0.15, 0.2) is 47.6 Å². The highest BCUT2D eigenvalue weighted by atomic mass is 32.2. The van der Waals surface area contributed by atoms with Crippen LogP contribution in [0.3, 0.4) is 0 Å². The number of aromatic nitrogens is 5. The number of rotatable bonds is 7. The van der Waals surface area contributed by atoms with E-state index in [0.29, 0.717) is 17.6 Å². The lowest BCUT2D eigenvalue weighted by Gasteiger charge is -2.17. The van der Waals surface area contributed by atoms with Gasteiger partial charge in [-0.05, 0) is 54.4 Å². The highest BCUT2D eigenvalue weighted by Crippen LogP contribution is 2.23. The first-order valence-electron chi connectivity index (χ1n) is 10.0. The zero-order valence-electron chi connectivity index (χ0n) is 18.4. The van der Waals surface area contributed by atoms with Crippen LogP contribution in [0.1, 0.15) is 17.0 Å². The van der Waals surface area contributed by atoms with Crippen molar-refractivity contribution in [1.82, 2.24) is 29.6 Å². The van der Waals surface area contributed by atoms with Crippen LogP contribution in [0.2, 0.25) is 0 Å². The summed E-state index contributed by atoms with van der Waals surface area (Å²) in [5, 5.41) is 15.3. The quantitative estimate of drug-likeness (QED) is 0.340. The van der Waals surface area contributed by atoms with Gasteiger partial charge in [-0.3, -0.25) is 4.79 Å². The molecule has 4 rings (SSSR count). The molecule has 0 radical (unpaired) electrons. The number of hydrogen-bond acceptors (Lipinski definition) is 7. The number of fused-ring (bicyclic) bond motifs is 1. The van der Waals surface area contributed by atoms with Gasteiger partial charge in [0, 0.05) is 19.3 Å². The van der Waals surface area contributed by atoms with Crippen molar-refractivity contribution in [2.45, 2.75) is 25.5 Å². The molecule has 0 bridgehead atoms. The van der Waals surface area contributed by atoms with Crippen LogP contribution in [0, 0.1) is 13.8 Å². The van der Waals surface area contributed by atoms with Crippen molar-refractivity contribution >= 4 is 28.4 Å². The SMILES string of the molecule is COc1ccc2cc(CN(C)C(=O)CSc3nnc(-n4nc(C)cc4C)n3N)ccc2c1. The summed E-state index contributed by atoms with van der Waals surface area (Å²) in [7, 11) is 3.44. The van der Waals surface area contributed by atoms with Gasteiger partial charge in [0.05, 0.1) is 18.6 Å². The van der Waals surface area contributed by atoms with Crippen LogP contribution in [-0.2, 0) is 11.3 Å². The first-order chi connectivity index (χ1) is 15.4. The third kappa shape index (κ3) is 4.40. The Morgan fingerprint density at radius 1 is 1.12 bits per heavy atom. The molecule has 2 aromatic carbocycles. The van der Waals surface area contributed by atoms with Gasteiger partial charge in [0.15, 0.2) is 0 Å². The summed E-state index contributed by atoms with van der Waals surface area (Å²) >= 11 is 1.25. The third-order valence-electron chi connectivity index (χ3n) is 5.13. The van der Waals surface area contributed by atoms with Crippen LogP contribution in [0.5, 0.6) is 5.75 Å². The van der Waals surface area contributed by atoms with E-state index >= 15 is 0 Å². The molecular formula is C22H25N7O2S. The molecule has 0 aliphatic heterocycles. The number of hydrogen-bond donors (Lipinski definition) is 1. The fraction of sp³-hybridized carbons (Fsp3) is 0.273. The van der Waals surface area contributed by atoms with E-state index in [1.165, 1.54) is 16.4 Å². The molecule has 32 heavy (non-hydrogen) atoms. The average molecular weight is 452 g/mol.